The number of ether oxygens (including phenoxy) is 2. The summed E-state index contributed by atoms with van der Waals surface area (Å²) in [6.45, 7) is 10.4. The number of carbonyl (C=O) groups is 1. The van der Waals surface area contributed by atoms with Crippen molar-refractivity contribution in [3.05, 3.63) is 0 Å². The van der Waals surface area contributed by atoms with Crippen molar-refractivity contribution >= 4 is 5.91 Å². The van der Waals surface area contributed by atoms with Gasteiger partial charge in [0.25, 0.3) is 5.91 Å². The van der Waals surface area contributed by atoms with Gasteiger partial charge in [0, 0.05) is 39.3 Å². The Labute approximate surface area is 127 Å². The molecule has 120 valence electrons. The highest BCUT2D eigenvalue weighted by atomic mass is 16.5. The van der Waals surface area contributed by atoms with Crippen LogP contribution in [0.15, 0.2) is 0 Å². The van der Waals surface area contributed by atoms with Crippen LogP contribution in [0.1, 0.15) is 39.5 Å². The van der Waals surface area contributed by atoms with E-state index in [1.54, 1.807) is 0 Å². The van der Waals surface area contributed by atoms with Crippen molar-refractivity contribution in [3.8, 4) is 0 Å². The van der Waals surface area contributed by atoms with Crippen molar-refractivity contribution in [2.45, 2.75) is 50.7 Å². The van der Waals surface area contributed by atoms with Gasteiger partial charge in [-0.2, -0.15) is 0 Å². The molecule has 2 saturated heterocycles. The lowest BCUT2D eigenvalue weighted by atomic mass is 9.88. The molecule has 0 radical (unpaired) electrons. The minimum Gasteiger partial charge on any atom is -0.380 e. The van der Waals surface area contributed by atoms with Gasteiger partial charge in [0.2, 0.25) is 0 Å². The lowest BCUT2D eigenvalue weighted by Crippen LogP contribution is -2.63. The average molecular weight is 296 g/mol. The van der Waals surface area contributed by atoms with Crippen LogP contribution in [-0.2, 0) is 14.3 Å². The summed E-state index contributed by atoms with van der Waals surface area (Å²) in [6.07, 6.45) is 3.89. The normalized spacial score (nSPS) is 27.5. The minimum absolute atomic E-state index is 0.0947. The predicted molar refractivity (Wildman–Crippen MR) is 80.2 cm³/mol. The molecule has 0 aromatic rings. The number of piperidine rings is 1. The molecule has 0 atom stereocenters. The Morgan fingerprint density at radius 2 is 1.90 bits per heavy atom. The fourth-order valence-electron chi connectivity index (χ4n) is 3.67. The Balaban J connectivity index is 1.58. The highest BCUT2D eigenvalue weighted by Gasteiger charge is 2.61. The molecule has 3 rings (SSSR count). The first-order valence-electron chi connectivity index (χ1n) is 8.43. The largest absolute Gasteiger partial charge is 0.380 e. The molecular weight excluding hydrogens is 268 g/mol. The van der Waals surface area contributed by atoms with Crippen molar-refractivity contribution in [2.24, 2.45) is 0 Å². The maximum atomic E-state index is 12.4. The van der Waals surface area contributed by atoms with E-state index >= 15 is 0 Å². The Kier molecular flexibility index (Phi) is 4.26. The summed E-state index contributed by atoms with van der Waals surface area (Å²) in [4.78, 5) is 16.9. The molecule has 3 fully saturated rings. The van der Waals surface area contributed by atoms with Crippen LogP contribution in [0.3, 0.4) is 0 Å². The zero-order valence-corrected chi connectivity index (χ0v) is 13.4. The number of rotatable bonds is 5. The molecule has 2 heterocycles. The topological polar surface area (TPSA) is 42.0 Å². The first-order valence-corrected chi connectivity index (χ1v) is 8.43. The van der Waals surface area contributed by atoms with Crippen LogP contribution in [0.4, 0.5) is 0 Å². The summed E-state index contributed by atoms with van der Waals surface area (Å²) >= 11 is 0. The molecule has 0 aromatic carbocycles. The van der Waals surface area contributed by atoms with Gasteiger partial charge in [-0.05, 0) is 39.5 Å². The lowest BCUT2D eigenvalue weighted by molar-refractivity contribution is -0.200. The van der Waals surface area contributed by atoms with Crippen LogP contribution in [0, 0.1) is 0 Å². The summed E-state index contributed by atoms with van der Waals surface area (Å²) in [5.41, 5.74) is -0.537. The van der Waals surface area contributed by atoms with E-state index in [0.717, 1.165) is 71.6 Å². The number of amides is 1. The summed E-state index contributed by atoms with van der Waals surface area (Å²) in [6, 6.07) is 0. The highest BCUT2D eigenvalue weighted by molar-refractivity contribution is 5.89. The molecule has 21 heavy (non-hydrogen) atoms. The van der Waals surface area contributed by atoms with Gasteiger partial charge in [-0.3, -0.25) is 4.79 Å². The van der Waals surface area contributed by atoms with E-state index in [9.17, 15) is 4.79 Å². The quantitative estimate of drug-likeness (QED) is 0.717. The zero-order chi connectivity index (χ0) is 14.9. The van der Waals surface area contributed by atoms with Crippen LogP contribution in [0.25, 0.3) is 0 Å². The Bertz CT molecular complexity index is 387. The van der Waals surface area contributed by atoms with Crippen LogP contribution in [0.2, 0.25) is 0 Å². The molecule has 1 saturated carbocycles. The van der Waals surface area contributed by atoms with Crippen LogP contribution >= 0.6 is 0 Å². The number of hydrogen-bond acceptors (Lipinski definition) is 4. The first-order chi connectivity index (χ1) is 10.1. The molecule has 1 amide bonds. The summed E-state index contributed by atoms with van der Waals surface area (Å²) in [7, 11) is 0. The summed E-state index contributed by atoms with van der Waals surface area (Å²) in [5.74, 6) is 0.231. The number of hydrogen-bond donors (Lipinski definition) is 0. The molecule has 1 aliphatic carbocycles. The van der Waals surface area contributed by atoms with Gasteiger partial charge < -0.3 is 19.3 Å². The van der Waals surface area contributed by atoms with Gasteiger partial charge in [0.05, 0.1) is 12.2 Å². The Morgan fingerprint density at radius 1 is 1.19 bits per heavy atom. The smallest absolute Gasteiger partial charge is 0.254 e. The Morgan fingerprint density at radius 3 is 2.48 bits per heavy atom. The van der Waals surface area contributed by atoms with E-state index in [4.69, 9.17) is 9.47 Å². The summed E-state index contributed by atoms with van der Waals surface area (Å²) < 4.78 is 11.8. The monoisotopic (exact) mass is 296 g/mol. The molecule has 2 aliphatic heterocycles. The zero-order valence-electron chi connectivity index (χ0n) is 13.4. The van der Waals surface area contributed by atoms with Crippen molar-refractivity contribution in [1.82, 2.24) is 9.80 Å². The fourth-order valence-corrected chi connectivity index (χ4v) is 3.67. The van der Waals surface area contributed by atoms with Crippen LogP contribution in [-0.4, -0.2) is 72.8 Å². The Hall–Kier alpha value is -0.650. The van der Waals surface area contributed by atoms with Gasteiger partial charge in [-0.25, -0.2) is 0 Å². The van der Waals surface area contributed by atoms with E-state index in [1.165, 1.54) is 0 Å². The van der Waals surface area contributed by atoms with E-state index in [2.05, 4.69) is 11.8 Å². The maximum absolute atomic E-state index is 12.4. The number of likely N-dealkylation sites (tertiary alicyclic amines) is 1. The number of nitrogens with zero attached hydrogens (tertiary/aromatic N) is 2. The predicted octanol–water partition coefficient (Wildman–Crippen LogP) is 1.27. The number of morpholine rings is 1. The SMILES string of the molecule is CCOCCN1CCC2(CC1)CN(CC)C(=O)C1(CC1)O2. The molecule has 0 N–H and O–H groups in total. The third-order valence-electron chi connectivity index (χ3n) is 5.18. The van der Waals surface area contributed by atoms with Crippen LogP contribution < -0.4 is 0 Å². The molecule has 5 nitrogen and oxygen atoms in total. The lowest BCUT2D eigenvalue weighted by Gasteiger charge is -2.50. The second kappa shape index (κ2) is 5.86. The second-order valence-corrected chi connectivity index (χ2v) is 6.64. The third kappa shape index (κ3) is 2.96. The molecule has 5 heteroatoms. The minimum atomic E-state index is -0.443. The molecule has 2 spiro atoms. The number of likely N-dealkylation sites (N-methyl/N-ethyl adjacent to an activating group) is 1. The second-order valence-electron chi connectivity index (χ2n) is 6.64. The van der Waals surface area contributed by atoms with Crippen molar-refractivity contribution in [3.63, 3.8) is 0 Å². The van der Waals surface area contributed by atoms with E-state index < -0.39 is 5.60 Å². The van der Waals surface area contributed by atoms with E-state index in [-0.39, 0.29) is 11.5 Å². The highest BCUT2D eigenvalue weighted by Crippen LogP contribution is 2.49. The van der Waals surface area contributed by atoms with Gasteiger partial charge in [-0.15, -0.1) is 0 Å². The molecular formula is C16H28N2O3. The van der Waals surface area contributed by atoms with Crippen molar-refractivity contribution in [2.75, 3.05) is 45.9 Å². The third-order valence-corrected chi connectivity index (χ3v) is 5.18. The van der Waals surface area contributed by atoms with Gasteiger partial charge in [-0.1, -0.05) is 0 Å². The number of carbonyl (C=O) groups excluding carboxylic acids is 1. The average Bonchev–Trinajstić information content (AvgIpc) is 3.26. The molecule has 0 aromatic heterocycles. The fraction of sp³-hybridized carbons (Fsp3) is 0.938. The van der Waals surface area contributed by atoms with Gasteiger partial charge in [0.15, 0.2) is 0 Å². The molecule has 0 unspecified atom stereocenters. The molecule has 3 aliphatic rings. The standard InChI is InChI=1S/C16H28N2O3/c1-3-18-13-15(21-16(5-6-16)14(18)19)7-9-17(10-8-15)11-12-20-4-2/h3-13H2,1-2H3. The molecule has 0 bridgehead atoms. The van der Waals surface area contributed by atoms with Crippen molar-refractivity contribution < 1.29 is 14.3 Å². The first kappa shape index (κ1) is 15.3. The van der Waals surface area contributed by atoms with Crippen LogP contribution in [0.5, 0.6) is 0 Å². The van der Waals surface area contributed by atoms with E-state index in [0.29, 0.717) is 0 Å². The summed E-state index contributed by atoms with van der Waals surface area (Å²) in [5, 5.41) is 0. The van der Waals surface area contributed by atoms with Crippen molar-refractivity contribution in [1.29, 1.82) is 0 Å². The maximum Gasteiger partial charge on any atom is 0.254 e. The van der Waals surface area contributed by atoms with E-state index in [1.807, 2.05) is 11.8 Å². The van der Waals surface area contributed by atoms with Gasteiger partial charge in [0.1, 0.15) is 5.60 Å². The van der Waals surface area contributed by atoms with Gasteiger partial charge >= 0.3 is 0 Å².